The predicted octanol–water partition coefficient (Wildman–Crippen LogP) is 2.11. The van der Waals surface area contributed by atoms with Gasteiger partial charge in [0, 0.05) is 26.7 Å². The minimum absolute atomic E-state index is 0.0551. The minimum Gasteiger partial charge on any atom is -0.444 e. The highest BCUT2D eigenvalue weighted by molar-refractivity contribution is 5.92. The summed E-state index contributed by atoms with van der Waals surface area (Å²) in [5, 5.41) is 4.38. The molecule has 2 amide bonds. The smallest absolute Gasteiger partial charge is 0.410 e. The average molecular weight is 322 g/mol. The molecule has 0 radical (unpaired) electrons. The van der Waals surface area contributed by atoms with Crippen LogP contribution in [0.25, 0.3) is 0 Å². The predicted molar refractivity (Wildman–Crippen MR) is 86.1 cm³/mol. The van der Waals surface area contributed by atoms with Crippen molar-refractivity contribution in [2.24, 2.45) is 0 Å². The fourth-order valence-corrected chi connectivity index (χ4v) is 2.47. The summed E-state index contributed by atoms with van der Waals surface area (Å²) in [6, 6.07) is 1.82. The maximum atomic E-state index is 12.4. The van der Waals surface area contributed by atoms with Crippen LogP contribution in [0.5, 0.6) is 0 Å². The third-order valence-electron chi connectivity index (χ3n) is 3.74. The van der Waals surface area contributed by atoms with Crippen LogP contribution in [0.2, 0.25) is 0 Å². The van der Waals surface area contributed by atoms with Gasteiger partial charge < -0.3 is 9.64 Å². The van der Waals surface area contributed by atoms with Gasteiger partial charge in [0.05, 0.1) is 12.2 Å². The van der Waals surface area contributed by atoms with Crippen molar-refractivity contribution in [2.45, 2.75) is 58.8 Å². The van der Waals surface area contributed by atoms with E-state index in [1.54, 1.807) is 25.1 Å². The van der Waals surface area contributed by atoms with Crippen molar-refractivity contribution in [3.05, 3.63) is 17.5 Å². The van der Waals surface area contributed by atoms with E-state index in [4.69, 9.17) is 4.74 Å². The van der Waals surface area contributed by atoms with Gasteiger partial charge in [-0.05, 0) is 40.2 Å². The Morgan fingerprint density at radius 3 is 2.57 bits per heavy atom. The number of hydrogen-bond donors (Lipinski definition) is 0. The van der Waals surface area contributed by atoms with E-state index in [-0.39, 0.29) is 18.0 Å². The standard InChI is InChI=1S/C16H26N4O3/c1-11-7-8-20-12(9-13(17-20)14(21)18(5)6)10-19(11)15(22)23-16(2,3)4/h9,11H,7-8,10H2,1-6H3. The first-order valence-corrected chi connectivity index (χ1v) is 7.86. The van der Waals surface area contributed by atoms with E-state index < -0.39 is 5.60 Å². The van der Waals surface area contributed by atoms with Gasteiger partial charge >= 0.3 is 6.09 Å². The van der Waals surface area contributed by atoms with E-state index in [0.717, 1.165) is 12.1 Å². The third kappa shape index (κ3) is 4.03. The Bertz CT molecular complexity index is 601. The summed E-state index contributed by atoms with van der Waals surface area (Å²) in [5.41, 5.74) is 0.726. The number of aryl methyl sites for hydroxylation is 1. The second-order valence-corrected chi connectivity index (χ2v) is 7.19. The monoisotopic (exact) mass is 322 g/mol. The summed E-state index contributed by atoms with van der Waals surface area (Å²) in [4.78, 5) is 27.7. The molecule has 7 heteroatoms. The summed E-state index contributed by atoms with van der Waals surface area (Å²) in [6.45, 7) is 8.63. The van der Waals surface area contributed by atoms with E-state index in [2.05, 4.69) is 5.10 Å². The van der Waals surface area contributed by atoms with Crippen molar-refractivity contribution in [3.63, 3.8) is 0 Å². The number of amides is 2. The van der Waals surface area contributed by atoms with Crippen LogP contribution in [0.3, 0.4) is 0 Å². The van der Waals surface area contributed by atoms with Crippen LogP contribution in [0.15, 0.2) is 6.07 Å². The Kier molecular flexibility index (Phi) is 4.68. The lowest BCUT2D eigenvalue weighted by atomic mass is 10.2. The maximum absolute atomic E-state index is 12.4. The zero-order valence-electron chi connectivity index (χ0n) is 14.8. The molecule has 23 heavy (non-hydrogen) atoms. The highest BCUT2D eigenvalue weighted by Gasteiger charge is 2.30. The lowest BCUT2D eigenvalue weighted by Crippen LogP contribution is -2.41. The number of carbonyl (C=O) groups excluding carboxylic acids is 2. The molecule has 0 bridgehead atoms. The van der Waals surface area contributed by atoms with Gasteiger partial charge in [0.15, 0.2) is 5.69 Å². The number of aromatic nitrogens is 2. The van der Waals surface area contributed by atoms with Crippen LogP contribution in [-0.2, 0) is 17.8 Å². The summed E-state index contributed by atoms with van der Waals surface area (Å²) in [5.74, 6) is -0.137. The molecule has 1 aromatic rings. The Morgan fingerprint density at radius 1 is 1.35 bits per heavy atom. The largest absolute Gasteiger partial charge is 0.444 e. The number of carbonyl (C=O) groups is 2. The van der Waals surface area contributed by atoms with Crippen molar-refractivity contribution in [1.82, 2.24) is 19.6 Å². The molecular formula is C16H26N4O3. The quantitative estimate of drug-likeness (QED) is 0.794. The van der Waals surface area contributed by atoms with Gasteiger partial charge in [0.25, 0.3) is 5.91 Å². The molecule has 2 rings (SSSR count). The number of ether oxygens (including phenoxy) is 1. The van der Waals surface area contributed by atoms with Crippen LogP contribution in [0, 0.1) is 0 Å². The van der Waals surface area contributed by atoms with Crippen LogP contribution in [0.1, 0.15) is 50.3 Å². The van der Waals surface area contributed by atoms with Crippen molar-refractivity contribution >= 4 is 12.0 Å². The Balaban J connectivity index is 2.23. The molecule has 0 spiro atoms. The summed E-state index contributed by atoms with van der Waals surface area (Å²) >= 11 is 0. The number of rotatable bonds is 1. The molecule has 0 aliphatic carbocycles. The molecule has 0 saturated carbocycles. The van der Waals surface area contributed by atoms with Gasteiger partial charge in [-0.2, -0.15) is 5.10 Å². The topological polar surface area (TPSA) is 67.7 Å². The molecule has 0 N–H and O–H groups in total. The maximum Gasteiger partial charge on any atom is 0.410 e. The summed E-state index contributed by atoms with van der Waals surface area (Å²) in [6.07, 6.45) is 0.434. The zero-order valence-corrected chi connectivity index (χ0v) is 14.8. The van der Waals surface area contributed by atoms with E-state index in [0.29, 0.717) is 18.8 Å². The van der Waals surface area contributed by atoms with E-state index >= 15 is 0 Å². The van der Waals surface area contributed by atoms with Crippen molar-refractivity contribution in [2.75, 3.05) is 14.1 Å². The molecule has 1 aliphatic heterocycles. The summed E-state index contributed by atoms with van der Waals surface area (Å²) < 4.78 is 7.31. The van der Waals surface area contributed by atoms with Crippen LogP contribution < -0.4 is 0 Å². The van der Waals surface area contributed by atoms with Gasteiger partial charge in [0.2, 0.25) is 0 Å². The molecule has 0 saturated heterocycles. The van der Waals surface area contributed by atoms with Gasteiger partial charge in [-0.1, -0.05) is 0 Å². The lowest BCUT2D eigenvalue weighted by molar-refractivity contribution is 0.0156. The van der Waals surface area contributed by atoms with Gasteiger partial charge in [-0.25, -0.2) is 4.79 Å². The highest BCUT2D eigenvalue weighted by Crippen LogP contribution is 2.21. The fraction of sp³-hybridized carbons (Fsp3) is 0.688. The Labute approximate surface area is 137 Å². The second kappa shape index (κ2) is 6.22. The van der Waals surface area contributed by atoms with Crippen molar-refractivity contribution < 1.29 is 14.3 Å². The van der Waals surface area contributed by atoms with Gasteiger partial charge in [-0.15, -0.1) is 0 Å². The molecular weight excluding hydrogens is 296 g/mol. The minimum atomic E-state index is -0.532. The third-order valence-corrected chi connectivity index (χ3v) is 3.74. The summed E-state index contributed by atoms with van der Waals surface area (Å²) in [7, 11) is 3.39. The fourth-order valence-electron chi connectivity index (χ4n) is 2.47. The zero-order chi connectivity index (χ0) is 17.4. The molecule has 2 heterocycles. The van der Waals surface area contributed by atoms with E-state index in [9.17, 15) is 9.59 Å². The van der Waals surface area contributed by atoms with E-state index in [1.165, 1.54) is 4.90 Å². The highest BCUT2D eigenvalue weighted by atomic mass is 16.6. The molecule has 128 valence electrons. The first-order chi connectivity index (χ1) is 10.6. The van der Waals surface area contributed by atoms with Gasteiger partial charge in [0.1, 0.15) is 5.60 Å². The SMILES string of the molecule is CC1CCn2nc(C(=O)N(C)C)cc2CN1C(=O)OC(C)(C)C. The van der Waals surface area contributed by atoms with E-state index in [1.807, 2.05) is 32.4 Å². The van der Waals surface area contributed by atoms with Gasteiger partial charge in [-0.3, -0.25) is 14.4 Å². The lowest BCUT2D eigenvalue weighted by Gasteiger charge is -2.30. The Morgan fingerprint density at radius 2 is 2.00 bits per heavy atom. The number of fused-ring (bicyclic) bond motifs is 1. The molecule has 1 unspecified atom stereocenters. The first kappa shape index (κ1) is 17.3. The number of nitrogens with zero attached hydrogens (tertiary/aromatic N) is 4. The second-order valence-electron chi connectivity index (χ2n) is 7.19. The first-order valence-electron chi connectivity index (χ1n) is 7.86. The molecule has 1 aromatic heterocycles. The van der Waals surface area contributed by atoms with Crippen molar-refractivity contribution in [3.8, 4) is 0 Å². The van der Waals surface area contributed by atoms with Crippen molar-refractivity contribution in [1.29, 1.82) is 0 Å². The molecule has 0 fully saturated rings. The van der Waals surface area contributed by atoms with Crippen LogP contribution in [-0.4, -0.2) is 57.3 Å². The normalized spacial score (nSPS) is 18.2. The van der Waals surface area contributed by atoms with Crippen LogP contribution >= 0.6 is 0 Å². The molecule has 1 aliphatic rings. The average Bonchev–Trinajstić information content (AvgIpc) is 2.75. The molecule has 7 nitrogen and oxygen atoms in total. The van der Waals surface area contributed by atoms with Crippen LogP contribution in [0.4, 0.5) is 4.79 Å². The molecule has 1 atom stereocenters. The Hall–Kier alpha value is -2.05. The number of hydrogen-bond acceptors (Lipinski definition) is 4. The molecule has 0 aromatic carbocycles.